The van der Waals surface area contributed by atoms with Crippen LogP contribution in [0.4, 0.5) is 0 Å². The van der Waals surface area contributed by atoms with Gasteiger partial charge in [-0.3, -0.25) is 9.48 Å². The average Bonchev–Trinajstić information content (AvgIpc) is 3.35. The van der Waals surface area contributed by atoms with Gasteiger partial charge in [-0.05, 0) is 23.8 Å². The first-order valence-electron chi connectivity index (χ1n) is 8.77. The van der Waals surface area contributed by atoms with E-state index >= 15 is 0 Å². The van der Waals surface area contributed by atoms with Crippen molar-refractivity contribution in [2.24, 2.45) is 7.05 Å². The van der Waals surface area contributed by atoms with E-state index in [4.69, 9.17) is 4.42 Å². The van der Waals surface area contributed by atoms with Gasteiger partial charge in [0.15, 0.2) is 11.4 Å². The first-order valence-corrected chi connectivity index (χ1v) is 8.77. The molecule has 0 saturated heterocycles. The van der Waals surface area contributed by atoms with E-state index in [-0.39, 0.29) is 12.2 Å². The van der Waals surface area contributed by atoms with E-state index in [9.17, 15) is 4.79 Å². The van der Waals surface area contributed by atoms with Crippen molar-refractivity contribution >= 4 is 27.7 Å². The molecule has 0 saturated carbocycles. The second-order valence-corrected chi connectivity index (χ2v) is 6.59. The quantitative estimate of drug-likeness (QED) is 0.450. The van der Waals surface area contributed by atoms with Crippen LogP contribution in [0.2, 0.25) is 0 Å². The molecule has 7 heteroatoms. The number of hydrogen-bond donors (Lipinski definition) is 0. The first-order chi connectivity index (χ1) is 13.7. The molecule has 0 unspecified atom stereocenters. The van der Waals surface area contributed by atoms with E-state index in [1.54, 1.807) is 35.5 Å². The molecule has 0 aliphatic rings. The highest BCUT2D eigenvalue weighted by atomic mass is 16.3. The van der Waals surface area contributed by atoms with Gasteiger partial charge in [0, 0.05) is 35.8 Å². The number of hydrogen-bond acceptors (Lipinski definition) is 6. The fourth-order valence-electron chi connectivity index (χ4n) is 3.15. The molecule has 5 aromatic rings. The molecule has 0 aliphatic heterocycles. The second-order valence-electron chi connectivity index (χ2n) is 6.59. The van der Waals surface area contributed by atoms with Gasteiger partial charge in [0.2, 0.25) is 0 Å². The summed E-state index contributed by atoms with van der Waals surface area (Å²) in [6.07, 6.45) is 8.72. The highest BCUT2D eigenvalue weighted by Crippen LogP contribution is 2.23. The zero-order valence-corrected chi connectivity index (χ0v) is 15.0. The van der Waals surface area contributed by atoms with Crippen molar-refractivity contribution < 1.29 is 9.21 Å². The van der Waals surface area contributed by atoms with Crippen LogP contribution in [-0.4, -0.2) is 30.5 Å². The lowest BCUT2D eigenvalue weighted by Gasteiger charge is -2.04. The molecular formula is C21H15N5O2. The monoisotopic (exact) mass is 369 g/mol. The van der Waals surface area contributed by atoms with Crippen LogP contribution < -0.4 is 0 Å². The molecular weight excluding hydrogens is 354 g/mol. The standard InChI is InChI=1S/C21H15N5O2/c1-26-12-16(10-24-26)13-2-3-15-9-23-21(25-17(15)6-13)8-19(27)18-7-14-4-5-28-20(14)11-22-18/h2-7,9-12H,8H2,1H3. The molecule has 7 nitrogen and oxygen atoms in total. The zero-order chi connectivity index (χ0) is 19.1. The molecule has 0 amide bonds. The van der Waals surface area contributed by atoms with E-state index in [1.165, 1.54) is 0 Å². The molecule has 0 radical (unpaired) electrons. The maximum atomic E-state index is 12.6. The maximum Gasteiger partial charge on any atom is 0.188 e. The number of benzene rings is 1. The summed E-state index contributed by atoms with van der Waals surface area (Å²) in [5.74, 6) is 0.334. The van der Waals surface area contributed by atoms with Crippen LogP contribution in [-0.2, 0) is 13.5 Å². The third-order valence-electron chi connectivity index (χ3n) is 4.62. The zero-order valence-electron chi connectivity index (χ0n) is 15.0. The average molecular weight is 369 g/mol. The molecule has 0 aliphatic carbocycles. The van der Waals surface area contributed by atoms with Crippen LogP contribution in [0.1, 0.15) is 16.3 Å². The van der Waals surface area contributed by atoms with Crippen LogP contribution in [0.15, 0.2) is 65.8 Å². The predicted molar refractivity (Wildman–Crippen MR) is 104 cm³/mol. The number of Topliss-reactive ketones (excluding diaryl/α,β-unsaturated/α-hetero) is 1. The van der Waals surface area contributed by atoms with E-state index in [0.717, 1.165) is 27.4 Å². The Labute approximate surface area is 159 Å². The smallest absolute Gasteiger partial charge is 0.188 e. The molecule has 4 heterocycles. The van der Waals surface area contributed by atoms with Gasteiger partial charge < -0.3 is 4.42 Å². The minimum absolute atomic E-state index is 0.0867. The Balaban J connectivity index is 1.45. The lowest BCUT2D eigenvalue weighted by atomic mass is 10.1. The summed E-state index contributed by atoms with van der Waals surface area (Å²) in [5.41, 5.74) is 3.85. The third-order valence-corrected chi connectivity index (χ3v) is 4.62. The van der Waals surface area contributed by atoms with E-state index in [1.807, 2.05) is 37.6 Å². The van der Waals surface area contributed by atoms with Crippen LogP contribution in [0.25, 0.3) is 33.0 Å². The largest absolute Gasteiger partial charge is 0.463 e. The number of carbonyl (C=O) groups excluding carboxylic acids is 1. The van der Waals surface area contributed by atoms with Gasteiger partial charge in [-0.2, -0.15) is 5.10 Å². The maximum absolute atomic E-state index is 12.6. The second kappa shape index (κ2) is 6.38. The fourth-order valence-corrected chi connectivity index (χ4v) is 3.15. The Hall–Kier alpha value is -3.87. The SMILES string of the molecule is Cn1cc(-c2ccc3cnc(CC(=O)c4cc5ccoc5cn4)nc3c2)cn1. The summed E-state index contributed by atoms with van der Waals surface area (Å²) in [6, 6.07) is 9.50. The van der Waals surface area contributed by atoms with Gasteiger partial charge in [-0.25, -0.2) is 15.0 Å². The normalized spacial score (nSPS) is 11.3. The summed E-state index contributed by atoms with van der Waals surface area (Å²) in [6.45, 7) is 0. The van der Waals surface area contributed by atoms with Crippen LogP contribution in [0.5, 0.6) is 0 Å². The highest BCUT2D eigenvalue weighted by Gasteiger charge is 2.13. The van der Waals surface area contributed by atoms with Crippen LogP contribution in [0, 0.1) is 0 Å². The molecule has 28 heavy (non-hydrogen) atoms. The molecule has 0 spiro atoms. The predicted octanol–water partition coefficient (Wildman–Crippen LogP) is 3.60. The van der Waals surface area contributed by atoms with Crippen LogP contribution >= 0.6 is 0 Å². The third kappa shape index (κ3) is 2.92. The summed E-state index contributed by atoms with van der Waals surface area (Å²) in [7, 11) is 1.88. The lowest BCUT2D eigenvalue weighted by Crippen LogP contribution is -2.08. The Bertz CT molecular complexity index is 1340. The summed E-state index contributed by atoms with van der Waals surface area (Å²) >= 11 is 0. The molecule has 0 bridgehead atoms. The number of fused-ring (bicyclic) bond motifs is 2. The number of carbonyl (C=O) groups is 1. The molecule has 5 rings (SSSR count). The van der Waals surface area contributed by atoms with Gasteiger partial charge >= 0.3 is 0 Å². The van der Waals surface area contributed by atoms with Crippen molar-refractivity contribution in [1.82, 2.24) is 24.7 Å². The first kappa shape index (κ1) is 16.3. The van der Waals surface area contributed by atoms with Gasteiger partial charge in [0.05, 0.1) is 30.6 Å². The Morgan fingerprint density at radius 1 is 1.04 bits per heavy atom. The van der Waals surface area contributed by atoms with Crippen molar-refractivity contribution in [2.75, 3.05) is 0 Å². The Morgan fingerprint density at radius 2 is 1.96 bits per heavy atom. The van der Waals surface area contributed by atoms with Gasteiger partial charge in [0.25, 0.3) is 0 Å². The fraction of sp³-hybridized carbons (Fsp3) is 0.0952. The summed E-state index contributed by atoms with van der Waals surface area (Å²) in [5, 5.41) is 5.97. The number of furan rings is 1. The number of aromatic nitrogens is 5. The van der Waals surface area contributed by atoms with E-state index < -0.39 is 0 Å². The molecule has 136 valence electrons. The van der Waals surface area contributed by atoms with Crippen molar-refractivity contribution in [3.8, 4) is 11.1 Å². The van der Waals surface area contributed by atoms with E-state index in [2.05, 4.69) is 20.1 Å². The number of aryl methyl sites for hydroxylation is 1. The highest BCUT2D eigenvalue weighted by molar-refractivity contribution is 5.98. The molecule has 0 fully saturated rings. The van der Waals surface area contributed by atoms with Crippen molar-refractivity contribution in [2.45, 2.75) is 6.42 Å². The number of nitrogens with zero attached hydrogens (tertiary/aromatic N) is 5. The minimum atomic E-state index is -0.133. The number of ketones is 1. The van der Waals surface area contributed by atoms with E-state index in [0.29, 0.717) is 17.1 Å². The van der Waals surface area contributed by atoms with Crippen molar-refractivity contribution in [3.05, 3.63) is 72.9 Å². The lowest BCUT2D eigenvalue weighted by molar-refractivity contribution is 0.0986. The van der Waals surface area contributed by atoms with Gasteiger partial charge in [-0.1, -0.05) is 12.1 Å². The van der Waals surface area contributed by atoms with Gasteiger partial charge in [0.1, 0.15) is 11.5 Å². The topological polar surface area (TPSA) is 86.7 Å². The summed E-state index contributed by atoms with van der Waals surface area (Å²) < 4.78 is 7.02. The minimum Gasteiger partial charge on any atom is -0.463 e. The van der Waals surface area contributed by atoms with Crippen molar-refractivity contribution in [1.29, 1.82) is 0 Å². The Kier molecular flexibility index (Phi) is 3.72. The molecule has 1 aromatic carbocycles. The van der Waals surface area contributed by atoms with Gasteiger partial charge in [-0.15, -0.1) is 0 Å². The van der Waals surface area contributed by atoms with Crippen molar-refractivity contribution in [3.63, 3.8) is 0 Å². The summed E-state index contributed by atoms with van der Waals surface area (Å²) in [4.78, 5) is 25.7. The Morgan fingerprint density at radius 3 is 2.82 bits per heavy atom. The molecule has 0 atom stereocenters. The number of rotatable bonds is 4. The molecule has 0 N–H and O–H groups in total. The van der Waals surface area contributed by atoms with Crippen LogP contribution in [0.3, 0.4) is 0 Å². The molecule has 4 aromatic heterocycles. The number of pyridine rings is 1.